The highest BCUT2D eigenvalue weighted by atomic mass is 32.2. The van der Waals surface area contributed by atoms with Gasteiger partial charge in [-0.2, -0.15) is 4.31 Å². The molecular formula is C24H26FN3O5S. The first-order valence-electron chi connectivity index (χ1n) is 11.0. The van der Waals surface area contributed by atoms with Gasteiger partial charge in [0.25, 0.3) is 0 Å². The number of para-hydroxylation sites is 1. The summed E-state index contributed by atoms with van der Waals surface area (Å²) in [5, 5.41) is 3.71. The van der Waals surface area contributed by atoms with Crippen molar-refractivity contribution in [2.45, 2.75) is 30.2 Å². The van der Waals surface area contributed by atoms with Gasteiger partial charge in [0.2, 0.25) is 15.9 Å². The van der Waals surface area contributed by atoms with E-state index in [0.29, 0.717) is 12.8 Å². The minimum Gasteiger partial charge on any atom is -0.467 e. The predicted molar refractivity (Wildman–Crippen MR) is 124 cm³/mol. The summed E-state index contributed by atoms with van der Waals surface area (Å²) < 4.78 is 45.3. The minimum atomic E-state index is -3.87. The molecule has 2 aromatic carbocycles. The maximum Gasteiger partial charge on any atom is 0.328 e. The zero-order valence-corrected chi connectivity index (χ0v) is 19.5. The van der Waals surface area contributed by atoms with E-state index in [9.17, 15) is 22.4 Å². The first-order valence-corrected chi connectivity index (χ1v) is 12.4. The number of sulfonamides is 1. The predicted octanol–water partition coefficient (Wildman–Crippen LogP) is 2.61. The van der Waals surface area contributed by atoms with Gasteiger partial charge in [0.15, 0.2) is 0 Å². The average molecular weight is 488 g/mol. The third-order valence-corrected chi connectivity index (χ3v) is 7.99. The van der Waals surface area contributed by atoms with Crippen LogP contribution < -0.4 is 5.32 Å². The van der Waals surface area contributed by atoms with Crippen molar-refractivity contribution in [3.63, 3.8) is 0 Å². The van der Waals surface area contributed by atoms with Crippen molar-refractivity contribution in [3.05, 3.63) is 66.1 Å². The standard InChI is InChI=1S/C24H26FN3O5S/c1-33-24(30)22(13-17-14-26-21-7-3-2-6-20(17)21)27-23(29)16-5-4-12-28(15-16)34(31,32)19-10-8-18(25)9-11-19/h2-3,6-11,14,16,22,26H,4-5,12-13,15H2,1H3,(H,27,29)/t16-,22-/m0/s1. The SMILES string of the molecule is COC(=O)[C@H](Cc1c[nH]c2ccccc12)NC(=O)[C@H]1CCCN(S(=O)(=O)c2ccc(F)cc2)C1. The molecule has 0 aliphatic carbocycles. The number of ether oxygens (including phenoxy) is 1. The van der Waals surface area contributed by atoms with Crippen molar-refractivity contribution in [3.8, 4) is 0 Å². The number of fused-ring (bicyclic) bond motifs is 1. The van der Waals surface area contributed by atoms with Gasteiger partial charge in [0, 0.05) is 36.6 Å². The first-order chi connectivity index (χ1) is 16.3. The van der Waals surface area contributed by atoms with Crippen LogP contribution in [0.25, 0.3) is 10.9 Å². The Kier molecular flexibility index (Phi) is 6.99. The molecular weight excluding hydrogens is 461 g/mol. The van der Waals surface area contributed by atoms with E-state index in [0.717, 1.165) is 28.6 Å². The molecule has 1 saturated heterocycles. The Morgan fingerprint density at radius 2 is 1.94 bits per heavy atom. The van der Waals surface area contributed by atoms with Crippen LogP contribution in [-0.2, 0) is 30.8 Å². The number of amides is 1. The third kappa shape index (κ3) is 4.97. The normalized spacial score (nSPS) is 17.9. The molecule has 4 rings (SSSR count). The highest BCUT2D eigenvalue weighted by molar-refractivity contribution is 7.89. The molecule has 1 amide bonds. The summed E-state index contributed by atoms with van der Waals surface area (Å²) in [6.07, 6.45) is 3.00. The van der Waals surface area contributed by atoms with Crippen LogP contribution in [0.2, 0.25) is 0 Å². The van der Waals surface area contributed by atoms with Crippen molar-refractivity contribution in [1.82, 2.24) is 14.6 Å². The van der Waals surface area contributed by atoms with Crippen molar-refractivity contribution in [1.29, 1.82) is 0 Å². The molecule has 1 aliphatic heterocycles. The molecule has 0 unspecified atom stereocenters. The van der Waals surface area contributed by atoms with E-state index >= 15 is 0 Å². The van der Waals surface area contributed by atoms with Gasteiger partial charge in [-0.25, -0.2) is 17.6 Å². The van der Waals surface area contributed by atoms with Gasteiger partial charge in [-0.05, 0) is 48.7 Å². The molecule has 2 heterocycles. The van der Waals surface area contributed by atoms with E-state index in [4.69, 9.17) is 4.74 Å². The largest absolute Gasteiger partial charge is 0.467 e. The van der Waals surface area contributed by atoms with Gasteiger partial charge in [-0.1, -0.05) is 18.2 Å². The summed E-state index contributed by atoms with van der Waals surface area (Å²) in [7, 11) is -2.61. The van der Waals surface area contributed by atoms with E-state index < -0.39 is 39.7 Å². The molecule has 8 nitrogen and oxygen atoms in total. The molecule has 10 heteroatoms. The Morgan fingerprint density at radius 1 is 1.21 bits per heavy atom. The summed E-state index contributed by atoms with van der Waals surface area (Å²) in [5.41, 5.74) is 1.77. The molecule has 0 spiro atoms. The van der Waals surface area contributed by atoms with Crippen molar-refractivity contribution >= 4 is 32.8 Å². The molecule has 1 aromatic heterocycles. The number of carbonyl (C=O) groups is 2. The number of methoxy groups -OCH3 is 1. The summed E-state index contributed by atoms with van der Waals surface area (Å²) in [6, 6.07) is 11.3. The minimum absolute atomic E-state index is 0.0213. The maximum atomic E-state index is 13.2. The fourth-order valence-electron chi connectivity index (χ4n) is 4.28. The lowest BCUT2D eigenvalue weighted by molar-refractivity contribution is -0.145. The first kappa shape index (κ1) is 23.9. The van der Waals surface area contributed by atoms with Gasteiger partial charge in [0.1, 0.15) is 11.9 Å². The third-order valence-electron chi connectivity index (χ3n) is 6.11. The topological polar surface area (TPSA) is 109 Å². The van der Waals surface area contributed by atoms with Crippen LogP contribution in [0.1, 0.15) is 18.4 Å². The summed E-state index contributed by atoms with van der Waals surface area (Å²) in [6.45, 7) is 0.242. The second-order valence-corrected chi connectivity index (χ2v) is 10.2. The smallest absolute Gasteiger partial charge is 0.328 e. The second kappa shape index (κ2) is 9.94. The monoisotopic (exact) mass is 487 g/mol. The summed E-state index contributed by atoms with van der Waals surface area (Å²) in [4.78, 5) is 28.6. The van der Waals surface area contributed by atoms with Crippen LogP contribution in [-0.4, -0.2) is 55.8 Å². The Bertz CT molecular complexity index is 1290. The Morgan fingerprint density at radius 3 is 2.68 bits per heavy atom. The van der Waals surface area contributed by atoms with Gasteiger partial charge in [-0.15, -0.1) is 0 Å². The zero-order chi connectivity index (χ0) is 24.3. The number of esters is 1. The number of hydrogen-bond acceptors (Lipinski definition) is 5. The molecule has 2 atom stereocenters. The van der Waals surface area contributed by atoms with E-state index in [1.165, 1.54) is 23.5 Å². The number of aromatic nitrogens is 1. The number of benzene rings is 2. The van der Waals surface area contributed by atoms with Gasteiger partial charge < -0.3 is 15.0 Å². The Hall–Kier alpha value is -3.24. The summed E-state index contributed by atoms with van der Waals surface area (Å²) >= 11 is 0. The maximum absolute atomic E-state index is 13.2. The molecule has 180 valence electrons. The van der Waals surface area contributed by atoms with Gasteiger partial charge in [0.05, 0.1) is 17.9 Å². The van der Waals surface area contributed by atoms with Gasteiger partial charge >= 0.3 is 5.97 Å². The molecule has 1 aliphatic rings. The van der Waals surface area contributed by atoms with E-state index in [-0.39, 0.29) is 24.4 Å². The lowest BCUT2D eigenvalue weighted by Gasteiger charge is -2.32. The molecule has 0 saturated carbocycles. The van der Waals surface area contributed by atoms with Crippen LogP contribution in [0.3, 0.4) is 0 Å². The fourth-order valence-corrected chi connectivity index (χ4v) is 5.80. The Balaban J connectivity index is 1.48. The van der Waals surface area contributed by atoms with Crippen LogP contribution >= 0.6 is 0 Å². The van der Waals surface area contributed by atoms with Crippen LogP contribution in [0, 0.1) is 11.7 Å². The number of nitrogens with zero attached hydrogens (tertiary/aromatic N) is 1. The van der Waals surface area contributed by atoms with Crippen molar-refractivity contribution < 1.29 is 27.1 Å². The van der Waals surface area contributed by atoms with Crippen LogP contribution in [0.15, 0.2) is 59.6 Å². The second-order valence-electron chi connectivity index (χ2n) is 8.30. The molecule has 0 bridgehead atoms. The molecule has 34 heavy (non-hydrogen) atoms. The van der Waals surface area contributed by atoms with Crippen molar-refractivity contribution in [2.75, 3.05) is 20.2 Å². The molecule has 0 radical (unpaired) electrons. The van der Waals surface area contributed by atoms with E-state index in [1.807, 2.05) is 24.3 Å². The quantitative estimate of drug-likeness (QED) is 0.498. The average Bonchev–Trinajstić information content (AvgIpc) is 3.26. The number of halogens is 1. The van der Waals surface area contributed by atoms with Crippen molar-refractivity contribution in [2.24, 2.45) is 5.92 Å². The lowest BCUT2D eigenvalue weighted by atomic mass is 9.97. The van der Waals surface area contributed by atoms with Gasteiger partial charge in [-0.3, -0.25) is 4.79 Å². The highest BCUT2D eigenvalue weighted by Crippen LogP contribution is 2.25. The number of aromatic amines is 1. The van der Waals surface area contributed by atoms with E-state index in [2.05, 4.69) is 10.3 Å². The highest BCUT2D eigenvalue weighted by Gasteiger charge is 2.35. The zero-order valence-electron chi connectivity index (χ0n) is 18.7. The van der Waals surface area contributed by atoms with Crippen LogP contribution in [0.4, 0.5) is 4.39 Å². The lowest BCUT2D eigenvalue weighted by Crippen LogP contribution is -2.50. The number of piperidine rings is 1. The van der Waals surface area contributed by atoms with E-state index in [1.54, 1.807) is 6.20 Å². The number of nitrogens with one attached hydrogen (secondary N) is 2. The molecule has 3 aromatic rings. The fraction of sp³-hybridized carbons (Fsp3) is 0.333. The number of hydrogen-bond donors (Lipinski definition) is 2. The summed E-state index contributed by atoms with van der Waals surface area (Å²) in [5.74, 6) is -2.14. The molecule has 2 N–H and O–H groups in total. The Labute approximate surface area is 197 Å². The van der Waals surface area contributed by atoms with Crippen LogP contribution in [0.5, 0.6) is 0 Å². The number of carbonyl (C=O) groups excluding carboxylic acids is 2. The molecule has 1 fully saturated rings. The number of H-pyrrole nitrogens is 1. The number of rotatable bonds is 7.